The van der Waals surface area contributed by atoms with Crippen molar-refractivity contribution in [2.45, 2.75) is 6.04 Å². The van der Waals surface area contributed by atoms with E-state index in [-0.39, 0.29) is 11.8 Å². The smallest absolute Gasteiger partial charge is 0.263 e. The highest BCUT2D eigenvalue weighted by molar-refractivity contribution is 6.03. The Morgan fingerprint density at radius 2 is 1.93 bits per heavy atom. The van der Waals surface area contributed by atoms with Crippen LogP contribution in [0.3, 0.4) is 0 Å². The number of amides is 2. The molecule has 4 rings (SSSR count). The van der Waals surface area contributed by atoms with E-state index >= 15 is 0 Å². The van der Waals surface area contributed by atoms with Crippen LogP contribution in [0.4, 0.5) is 5.82 Å². The minimum atomic E-state index is -0.885. The molecular formula is C22H18N4O2. The minimum Gasteiger partial charge on any atom is -0.315 e. The van der Waals surface area contributed by atoms with E-state index in [4.69, 9.17) is 0 Å². The summed E-state index contributed by atoms with van der Waals surface area (Å²) in [7, 11) is 0. The van der Waals surface area contributed by atoms with Gasteiger partial charge in [0.05, 0.1) is 6.20 Å². The Labute approximate surface area is 162 Å². The fourth-order valence-electron chi connectivity index (χ4n) is 3.17. The lowest BCUT2D eigenvalue weighted by Crippen LogP contribution is -2.58. The summed E-state index contributed by atoms with van der Waals surface area (Å²) in [6.07, 6.45) is 4.89. The Hall–Kier alpha value is -3.85. The number of piperazine rings is 1. The topological polar surface area (TPSA) is 57.9 Å². The van der Waals surface area contributed by atoms with E-state index in [2.05, 4.69) is 23.4 Å². The molecule has 0 radical (unpaired) electrons. The van der Waals surface area contributed by atoms with Crippen LogP contribution in [0.2, 0.25) is 0 Å². The molecule has 6 heteroatoms. The van der Waals surface area contributed by atoms with Crippen molar-refractivity contribution in [3.05, 3.63) is 79.1 Å². The number of carbonyl (C=O) groups is 2. The van der Waals surface area contributed by atoms with Gasteiger partial charge in [0.2, 0.25) is 5.91 Å². The zero-order valence-electron chi connectivity index (χ0n) is 15.2. The first-order valence-electron chi connectivity index (χ1n) is 8.92. The molecule has 3 aromatic rings. The normalized spacial score (nSPS) is 16.6. The molecule has 0 spiro atoms. The first kappa shape index (κ1) is 17.6. The summed E-state index contributed by atoms with van der Waals surface area (Å²) in [6, 6.07) is 14.2. The zero-order chi connectivity index (χ0) is 19.5. The second-order valence-corrected chi connectivity index (χ2v) is 6.33. The van der Waals surface area contributed by atoms with Crippen LogP contribution >= 0.6 is 0 Å². The number of pyridine rings is 1. The van der Waals surface area contributed by atoms with E-state index in [1.807, 2.05) is 59.1 Å². The molecule has 2 aromatic heterocycles. The second-order valence-electron chi connectivity index (χ2n) is 6.33. The molecule has 0 N–H and O–H groups in total. The Bertz CT molecular complexity index is 1070. The van der Waals surface area contributed by atoms with Crippen LogP contribution in [0.1, 0.15) is 5.56 Å². The van der Waals surface area contributed by atoms with E-state index < -0.39 is 6.04 Å². The number of aromatic nitrogens is 2. The third-order valence-corrected chi connectivity index (χ3v) is 4.59. The lowest BCUT2D eigenvalue weighted by atomic mass is 10.1. The third kappa shape index (κ3) is 3.26. The van der Waals surface area contributed by atoms with Crippen molar-refractivity contribution in [2.24, 2.45) is 0 Å². The van der Waals surface area contributed by atoms with Crippen molar-refractivity contribution in [3.8, 4) is 11.8 Å². The standard InChI is InChI=1S/C22H18N4O2/c1-2-21(27)25-14-15-26(20-16-24-13-7-6-10-19(24)23-20)22(28)18(25)12-11-17-8-4-3-5-9-17/h2-10,13,16,18H,1,14-15H2. The molecule has 6 nitrogen and oxygen atoms in total. The van der Waals surface area contributed by atoms with Gasteiger partial charge in [0.1, 0.15) is 5.65 Å². The summed E-state index contributed by atoms with van der Waals surface area (Å²) in [5, 5.41) is 0. The number of carbonyl (C=O) groups excluding carboxylic acids is 2. The number of rotatable bonds is 2. The molecule has 2 amide bonds. The van der Waals surface area contributed by atoms with Gasteiger partial charge in [-0.05, 0) is 30.3 Å². The van der Waals surface area contributed by atoms with Gasteiger partial charge in [0, 0.05) is 24.8 Å². The Morgan fingerprint density at radius 1 is 1.14 bits per heavy atom. The van der Waals surface area contributed by atoms with Crippen molar-refractivity contribution in [3.63, 3.8) is 0 Å². The van der Waals surface area contributed by atoms with Gasteiger partial charge in [-0.1, -0.05) is 42.7 Å². The number of imidazole rings is 1. The van der Waals surface area contributed by atoms with Crippen LogP contribution in [-0.4, -0.2) is 45.2 Å². The summed E-state index contributed by atoms with van der Waals surface area (Å²) in [4.78, 5) is 33.0. The molecule has 1 aliphatic heterocycles. The SMILES string of the molecule is C=CC(=O)N1CCN(c2cn3ccccc3n2)C(=O)C1C#Cc1ccccc1. The van der Waals surface area contributed by atoms with E-state index in [1.54, 1.807) is 11.1 Å². The minimum absolute atomic E-state index is 0.270. The predicted molar refractivity (Wildman–Crippen MR) is 107 cm³/mol. The van der Waals surface area contributed by atoms with E-state index in [0.717, 1.165) is 11.2 Å². The van der Waals surface area contributed by atoms with Crippen LogP contribution in [-0.2, 0) is 9.59 Å². The van der Waals surface area contributed by atoms with Gasteiger partial charge in [0.25, 0.3) is 5.91 Å². The summed E-state index contributed by atoms with van der Waals surface area (Å²) in [5.41, 5.74) is 1.54. The Kier molecular flexibility index (Phi) is 4.65. The van der Waals surface area contributed by atoms with E-state index in [0.29, 0.717) is 18.9 Å². The molecule has 3 heterocycles. The molecule has 0 aliphatic carbocycles. The average Bonchev–Trinajstić information content (AvgIpc) is 3.16. The van der Waals surface area contributed by atoms with Crippen LogP contribution in [0.15, 0.2) is 73.6 Å². The molecule has 138 valence electrons. The average molecular weight is 370 g/mol. The maximum atomic E-state index is 13.2. The Morgan fingerprint density at radius 3 is 2.68 bits per heavy atom. The van der Waals surface area contributed by atoms with Crippen molar-refractivity contribution >= 4 is 23.3 Å². The lowest BCUT2D eigenvalue weighted by Gasteiger charge is -2.36. The van der Waals surface area contributed by atoms with Gasteiger partial charge in [0.15, 0.2) is 11.9 Å². The molecule has 1 aromatic carbocycles. The number of hydrogen-bond acceptors (Lipinski definition) is 3. The fraction of sp³-hybridized carbons (Fsp3) is 0.136. The molecule has 28 heavy (non-hydrogen) atoms. The predicted octanol–water partition coefficient (Wildman–Crippen LogP) is 2.12. The molecule has 1 unspecified atom stereocenters. The summed E-state index contributed by atoms with van der Waals surface area (Å²) in [6.45, 7) is 4.25. The molecule has 1 saturated heterocycles. The largest absolute Gasteiger partial charge is 0.315 e. The molecule has 0 saturated carbocycles. The third-order valence-electron chi connectivity index (χ3n) is 4.59. The molecule has 1 aliphatic rings. The van der Waals surface area contributed by atoms with Gasteiger partial charge in [-0.3, -0.25) is 14.5 Å². The number of anilines is 1. The summed E-state index contributed by atoms with van der Waals surface area (Å²) in [5.74, 6) is 5.94. The van der Waals surface area contributed by atoms with Crippen molar-refractivity contribution < 1.29 is 9.59 Å². The van der Waals surface area contributed by atoms with E-state index in [9.17, 15) is 9.59 Å². The molecule has 1 atom stereocenters. The monoisotopic (exact) mass is 370 g/mol. The van der Waals surface area contributed by atoms with Crippen molar-refractivity contribution in [1.29, 1.82) is 0 Å². The van der Waals surface area contributed by atoms with Crippen LogP contribution < -0.4 is 4.90 Å². The summed E-state index contributed by atoms with van der Waals surface area (Å²) < 4.78 is 1.86. The number of nitrogens with zero attached hydrogens (tertiary/aromatic N) is 4. The maximum Gasteiger partial charge on any atom is 0.263 e. The van der Waals surface area contributed by atoms with Gasteiger partial charge in [-0.25, -0.2) is 4.98 Å². The van der Waals surface area contributed by atoms with Crippen molar-refractivity contribution in [1.82, 2.24) is 14.3 Å². The molecular weight excluding hydrogens is 352 g/mol. The lowest BCUT2D eigenvalue weighted by molar-refractivity contribution is -0.135. The van der Waals surface area contributed by atoms with E-state index in [1.165, 1.54) is 11.0 Å². The zero-order valence-corrected chi connectivity index (χ0v) is 15.2. The quantitative estimate of drug-likeness (QED) is 0.513. The second kappa shape index (κ2) is 7.41. The molecule has 1 fully saturated rings. The highest BCUT2D eigenvalue weighted by atomic mass is 16.2. The Balaban J connectivity index is 1.68. The van der Waals surface area contributed by atoms with Crippen LogP contribution in [0, 0.1) is 11.8 Å². The first-order chi connectivity index (χ1) is 13.7. The van der Waals surface area contributed by atoms with Crippen molar-refractivity contribution in [2.75, 3.05) is 18.0 Å². The molecule has 0 bridgehead atoms. The number of benzene rings is 1. The highest BCUT2D eigenvalue weighted by Crippen LogP contribution is 2.20. The number of hydrogen-bond donors (Lipinski definition) is 0. The van der Waals surface area contributed by atoms with Gasteiger partial charge in [-0.2, -0.15) is 0 Å². The summed E-state index contributed by atoms with van der Waals surface area (Å²) >= 11 is 0. The van der Waals surface area contributed by atoms with Crippen LogP contribution in [0.25, 0.3) is 5.65 Å². The highest BCUT2D eigenvalue weighted by Gasteiger charge is 2.37. The van der Waals surface area contributed by atoms with Crippen LogP contribution in [0.5, 0.6) is 0 Å². The maximum absolute atomic E-state index is 13.2. The number of fused-ring (bicyclic) bond motifs is 1. The van der Waals surface area contributed by atoms with Gasteiger partial charge < -0.3 is 9.30 Å². The van der Waals surface area contributed by atoms with Gasteiger partial charge >= 0.3 is 0 Å². The van der Waals surface area contributed by atoms with Gasteiger partial charge in [-0.15, -0.1) is 0 Å². The fourth-order valence-corrected chi connectivity index (χ4v) is 3.17. The first-order valence-corrected chi connectivity index (χ1v) is 8.92.